The molecule has 25 heavy (non-hydrogen) atoms. The van der Waals surface area contributed by atoms with Gasteiger partial charge in [0, 0.05) is 22.1 Å². The predicted octanol–water partition coefficient (Wildman–Crippen LogP) is 4.84. The summed E-state index contributed by atoms with van der Waals surface area (Å²) in [6.45, 7) is 7.66. The highest BCUT2D eigenvalue weighted by molar-refractivity contribution is 6.30. The van der Waals surface area contributed by atoms with E-state index in [-0.39, 0.29) is 11.4 Å². The van der Waals surface area contributed by atoms with Crippen molar-refractivity contribution in [3.05, 3.63) is 95.6 Å². The Morgan fingerprint density at radius 1 is 1.12 bits per heavy atom. The van der Waals surface area contributed by atoms with Crippen molar-refractivity contribution in [1.82, 2.24) is 0 Å². The van der Waals surface area contributed by atoms with Crippen molar-refractivity contribution >= 4 is 23.4 Å². The highest BCUT2D eigenvalue weighted by atomic mass is 35.5. The molecule has 0 radical (unpaired) electrons. The third kappa shape index (κ3) is 4.25. The van der Waals surface area contributed by atoms with E-state index in [0.29, 0.717) is 16.1 Å². The Kier molecular flexibility index (Phi) is 6.31. The molecule has 0 bridgehead atoms. The molecule has 0 aliphatic heterocycles. The van der Waals surface area contributed by atoms with Crippen molar-refractivity contribution in [1.29, 1.82) is 0 Å². The van der Waals surface area contributed by atoms with Gasteiger partial charge in [-0.25, -0.2) is 4.79 Å². The number of hydrogen-bond donors (Lipinski definition) is 0. The van der Waals surface area contributed by atoms with E-state index in [1.165, 1.54) is 13.2 Å². The molecule has 0 saturated heterocycles. The summed E-state index contributed by atoms with van der Waals surface area (Å²) in [7, 11) is 1.28. The number of methoxy groups -OCH3 is 1. The monoisotopic (exact) mass is 354 g/mol. The quantitative estimate of drug-likeness (QED) is 0.309. The van der Waals surface area contributed by atoms with Gasteiger partial charge in [0.05, 0.1) is 13.0 Å². The Balaban J connectivity index is 2.52. The number of rotatable bonds is 7. The molecule has 0 heterocycles. The van der Waals surface area contributed by atoms with Gasteiger partial charge in [0.25, 0.3) is 0 Å². The Morgan fingerprint density at radius 3 is 2.36 bits per heavy atom. The van der Waals surface area contributed by atoms with Gasteiger partial charge in [-0.2, -0.15) is 0 Å². The Labute approximate surface area is 152 Å². The molecule has 0 amide bonds. The number of halogens is 1. The molecule has 0 unspecified atom stereocenters. The number of Topliss-reactive ketones (excluding diaryl/α,β-unsaturated/α-hetero) is 1. The standard InChI is InChI=1S/C21H19ClO3/c1-4-18(20(23)15-9-6-5-7-10-15)19(14(2)21(24)25-3)16-11-8-12-17(22)13-16/h4-13,18-19H,1-2H2,3H3/t18-,19-/m0/s1. The largest absolute Gasteiger partial charge is 0.466 e. The smallest absolute Gasteiger partial charge is 0.333 e. The van der Waals surface area contributed by atoms with Crippen LogP contribution in [-0.4, -0.2) is 18.9 Å². The van der Waals surface area contributed by atoms with Gasteiger partial charge >= 0.3 is 5.97 Å². The first kappa shape index (κ1) is 18.7. The van der Waals surface area contributed by atoms with E-state index in [2.05, 4.69) is 13.2 Å². The first-order chi connectivity index (χ1) is 12.0. The fraction of sp³-hybridized carbons (Fsp3) is 0.143. The van der Waals surface area contributed by atoms with Crippen LogP contribution in [0.25, 0.3) is 0 Å². The zero-order valence-electron chi connectivity index (χ0n) is 13.9. The van der Waals surface area contributed by atoms with Crippen molar-refractivity contribution in [2.75, 3.05) is 7.11 Å². The van der Waals surface area contributed by atoms with Gasteiger partial charge in [-0.05, 0) is 17.7 Å². The second-order valence-corrected chi connectivity index (χ2v) is 5.98. The number of allylic oxidation sites excluding steroid dienone is 1. The lowest BCUT2D eigenvalue weighted by atomic mass is 9.77. The molecule has 0 aliphatic carbocycles. The maximum Gasteiger partial charge on any atom is 0.333 e. The van der Waals surface area contributed by atoms with Crippen LogP contribution in [0, 0.1) is 5.92 Å². The number of carbonyl (C=O) groups excluding carboxylic acids is 2. The number of esters is 1. The zero-order valence-corrected chi connectivity index (χ0v) is 14.7. The lowest BCUT2D eigenvalue weighted by Crippen LogP contribution is -2.25. The Bertz CT molecular complexity index is 796. The van der Waals surface area contributed by atoms with Crippen LogP contribution < -0.4 is 0 Å². The topological polar surface area (TPSA) is 43.4 Å². The zero-order chi connectivity index (χ0) is 18.4. The molecule has 0 fully saturated rings. The Hall–Kier alpha value is -2.65. The number of hydrogen-bond acceptors (Lipinski definition) is 3. The summed E-state index contributed by atoms with van der Waals surface area (Å²) >= 11 is 6.09. The summed E-state index contributed by atoms with van der Waals surface area (Å²) in [5.74, 6) is -2.01. The molecule has 0 aromatic heterocycles. The van der Waals surface area contributed by atoms with Crippen LogP contribution in [0.1, 0.15) is 21.8 Å². The summed E-state index contributed by atoms with van der Waals surface area (Å²) in [5, 5.41) is 0.509. The van der Waals surface area contributed by atoms with Gasteiger partial charge in [-0.1, -0.05) is 66.7 Å². The van der Waals surface area contributed by atoms with Gasteiger partial charge in [0.15, 0.2) is 5.78 Å². The van der Waals surface area contributed by atoms with E-state index in [1.54, 1.807) is 48.5 Å². The molecule has 4 heteroatoms. The lowest BCUT2D eigenvalue weighted by Gasteiger charge is -2.25. The first-order valence-electron chi connectivity index (χ1n) is 7.74. The summed E-state index contributed by atoms with van der Waals surface area (Å²) < 4.78 is 4.81. The fourth-order valence-corrected chi connectivity index (χ4v) is 2.97. The number of benzene rings is 2. The van der Waals surface area contributed by atoms with Crippen LogP contribution in [0.2, 0.25) is 5.02 Å². The summed E-state index contributed by atoms with van der Waals surface area (Å²) in [6.07, 6.45) is 1.54. The van der Waals surface area contributed by atoms with Gasteiger partial charge in [-0.15, -0.1) is 6.58 Å². The van der Waals surface area contributed by atoms with Crippen LogP contribution in [0.15, 0.2) is 79.4 Å². The fourth-order valence-electron chi connectivity index (χ4n) is 2.77. The van der Waals surface area contributed by atoms with Crippen molar-refractivity contribution in [2.45, 2.75) is 5.92 Å². The van der Waals surface area contributed by atoms with Crippen LogP contribution in [0.4, 0.5) is 0 Å². The molecule has 0 N–H and O–H groups in total. The molecule has 0 aliphatic rings. The van der Waals surface area contributed by atoms with E-state index >= 15 is 0 Å². The van der Waals surface area contributed by atoms with Crippen LogP contribution in [0.5, 0.6) is 0 Å². The van der Waals surface area contributed by atoms with E-state index in [4.69, 9.17) is 16.3 Å². The van der Waals surface area contributed by atoms with Crippen molar-refractivity contribution in [3.63, 3.8) is 0 Å². The SMILES string of the molecule is C=C[C@H](C(=O)c1ccccc1)[C@@H](C(=C)C(=O)OC)c1cccc(Cl)c1. The molecule has 2 aromatic carbocycles. The average Bonchev–Trinajstić information content (AvgIpc) is 2.65. The molecule has 2 rings (SSSR count). The number of ketones is 1. The molecule has 128 valence electrons. The van der Waals surface area contributed by atoms with Crippen molar-refractivity contribution < 1.29 is 14.3 Å². The van der Waals surface area contributed by atoms with Gasteiger partial charge in [0.2, 0.25) is 0 Å². The van der Waals surface area contributed by atoms with E-state index in [9.17, 15) is 9.59 Å². The minimum absolute atomic E-state index is 0.148. The van der Waals surface area contributed by atoms with Crippen LogP contribution in [-0.2, 0) is 9.53 Å². The molecule has 2 aromatic rings. The van der Waals surface area contributed by atoms with Crippen LogP contribution in [0.3, 0.4) is 0 Å². The first-order valence-corrected chi connectivity index (χ1v) is 8.11. The minimum atomic E-state index is -0.674. The summed E-state index contributed by atoms with van der Waals surface area (Å²) in [4.78, 5) is 25.1. The number of ether oxygens (including phenoxy) is 1. The third-order valence-corrected chi connectivity index (χ3v) is 4.24. The second kappa shape index (κ2) is 8.45. The maximum atomic E-state index is 13.0. The lowest BCUT2D eigenvalue weighted by molar-refractivity contribution is -0.136. The third-order valence-electron chi connectivity index (χ3n) is 4.00. The molecule has 2 atom stereocenters. The second-order valence-electron chi connectivity index (χ2n) is 5.54. The molecule has 3 nitrogen and oxygen atoms in total. The van der Waals surface area contributed by atoms with Gasteiger partial charge < -0.3 is 4.74 Å². The normalized spacial score (nSPS) is 12.7. The highest BCUT2D eigenvalue weighted by Crippen LogP contribution is 2.35. The van der Waals surface area contributed by atoms with Crippen molar-refractivity contribution in [3.8, 4) is 0 Å². The molecular weight excluding hydrogens is 336 g/mol. The summed E-state index contributed by atoms with van der Waals surface area (Å²) in [6, 6.07) is 15.9. The minimum Gasteiger partial charge on any atom is -0.466 e. The van der Waals surface area contributed by atoms with E-state index in [1.807, 2.05) is 6.07 Å². The maximum absolute atomic E-state index is 13.0. The summed E-state index contributed by atoms with van der Waals surface area (Å²) in [5.41, 5.74) is 1.42. The molecular formula is C21H19ClO3. The van der Waals surface area contributed by atoms with Crippen LogP contribution >= 0.6 is 11.6 Å². The van der Waals surface area contributed by atoms with E-state index < -0.39 is 17.8 Å². The number of carbonyl (C=O) groups is 2. The molecule has 0 saturated carbocycles. The highest BCUT2D eigenvalue weighted by Gasteiger charge is 2.33. The average molecular weight is 355 g/mol. The van der Waals surface area contributed by atoms with E-state index in [0.717, 1.165) is 0 Å². The van der Waals surface area contributed by atoms with Gasteiger partial charge in [0.1, 0.15) is 0 Å². The Morgan fingerprint density at radius 2 is 1.80 bits per heavy atom. The van der Waals surface area contributed by atoms with Gasteiger partial charge in [-0.3, -0.25) is 4.79 Å². The van der Waals surface area contributed by atoms with Crippen molar-refractivity contribution in [2.24, 2.45) is 5.92 Å². The molecule has 0 spiro atoms. The predicted molar refractivity (Wildman–Crippen MR) is 99.8 cm³/mol.